The maximum Gasteiger partial charge on any atom is 0.156 e. The fraction of sp³-hybridized carbons (Fsp3) is 0.727. The van der Waals surface area contributed by atoms with Crippen LogP contribution in [0.3, 0.4) is 0 Å². The molecule has 0 aliphatic rings. The minimum Gasteiger partial charge on any atom is -0.350 e. The molecule has 0 unspecified atom stereocenters. The number of nitrogens with zero attached hydrogens (tertiary/aromatic N) is 1. The normalized spacial score (nSPS) is 11.1. The van der Waals surface area contributed by atoms with Crippen LogP contribution in [0.2, 0.25) is 0 Å². The summed E-state index contributed by atoms with van der Waals surface area (Å²) in [5.74, 6) is 0.811. The van der Waals surface area contributed by atoms with E-state index in [1.807, 2.05) is 18.0 Å². The number of hydrogen-bond donors (Lipinski definition) is 1. The van der Waals surface area contributed by atoms with E-state index in [-0.39, 0.29) is 5.54 Å². The van der Waals surface area contributed by atoms with Gasteiger partial charge in [-0.15, -0.1) is 6.58 Å². The Morgan fingerprint density at radius 2 is 2.14 bits per heavy atom. The Hall–Kier alpha value is -0.440. The van der Waals surface area contributed by atoms with Gasteiger partial charge >= 0.3 is 0 Å². The summed E-state index contributed by atoms with van der Waals surface area (Å²) in [5.41, 5.74) is 0.0833. The maximum atomic E-state index is 7.87. The first-order chi connectivity index (χ1) is 6.45. The summed E-state index contributed by atoms with van der Waals surface area (Å²) in [6.45, 7) is 10.2. The number of hydrogen-bond acceptors (Lipinski definition) is 2. The van der Waals surface area contributed by atoms with Gasteiger partial charge in [0.25, 0.3) is 0 Å². The average molecular weight is 214 g/mol. The van der Waals surface area contributed by atoms with E-state index in [0.717, 1.165) is 18.6 Å². The highest BCUT2D eigenvalue weighted by Crippen LogP contribution is 2.22. The maximum absolute atomic E-state index is 7.87. The van der Waals surface area contributed by atoms with Gasteiger partial charge in [0, 0.05) is 18.3 Å². The fourth-order valence-electron chi connectivity index (χ4n) is 1.29. The lowest BCUT2D eigenvalue weighted by molar-refractivity contribution is 0.238. The molecule has 0 aromatic carbocycles. The van der Waals surface area contributed by atoms with Crippen molar-refractivity contribution in [1.29, 1.82) is 5.41 Å². The van der Waals surface area contributed by atoms with Crippen LogP contribution < -0.4 is 0 Å². The topological polar surface area (TPSA) is 27.1 Å². The predicted octanol–water partition coefficient (Wildman–Crippen LogP) is 3.35. The van der Waals surface area contributed by atoms with E-state index < -0.39 is 0 Å². The number of thioether (sulfide) groups is 1. The molecule has 0 saturated carbocycles. The van der Waals surface area contributed by atoms with Gasteiger partial charge in [-0.25, -0.2) is 0 Å². The lowest BCUT2D eigenvalue weighted by atomic mass is 9.98. The monoisotopic (exact) mass is 214 g/mol. The fourth-order valence-corrected chi connectivity index (χ4v) is 2.01. The molecule has 82 valence electrons. The minimum absolute atomic E-state index is 0.0833. The highest BCUT2D eigenvalue weighted by molar-refractivity contribution is 8.13. The van der Waals surface area contributed by atoms with Gasteiger partial charge in [0.1, 0.15) is 0 Å². The molecule has 0 fully saturated rings. The van der Waals surface area contributed by atoms with Gasteiger partial charge in [-0.05, 0) is 20.3 Å². The summed E-state index contributed by atoms with van der Waals surface area (Å²) in [5, 5.41) is 8.50. The SMILES string of the molecule is C=CCSC(=N)N(C)C(C)(C)CCC. The largest absolute Gasteiger partial charge is 0.350 e. The first-order valence-electron chi connectivity index (χ1n) is 5.01. The zero-order chi connectivity index (χ0) is 11.2. The van der Waals surface area contributed by atoms with Crippen molar-refractivity contribution in [2.24, 2.45) is 0 Å². The second-order valence-corrected chi connectivity index (χ2v) is 5.03. The third-order valence-electron chi connectivity index (χ3n) is 2.41. The van der Waals surface area contributed by atoms with Crippen molar-refractivity contribution in [3.63, 3.8) is 0 Å². The van der Waals surface area contributed by atoms with Crippen molar-refractivity contribution in [3.8, 4) is 0 Å². The average Bonchev–Trinajstić information content (AvgIpc) is 2.12. The van der Waals surface area contributed by atoms with Crippen LogP contribution in [-0.2, 0) is 0 Å². The Kier molecular flexibility index (Phi) is 5.93. The smallest absolute Gasteiger partial charge is 0.156 e. The van der Waals surface area contributed by atoms with E-state index in [1.54, 1.807) is 0 Å². The van der Waals surface area contributed by atoms with E-state index in [4.69, 9.17) is 5.41 Å². The quantitative estimate of drug-likeness (QED) is 0.432. The summed E-state index contributed by atoms with van der Waals surface area (Å²) < 4.78 is 0. The van der Waals surface area contributed by atoms with Crippen LogP contribution in [0.15, 0.2) is 12.7 Å². The molecule has 0 saturated heterocycles. The van der Waals surface area contributed by atoms with Crippen molar-refractivity contribution in [2.75, 3.05) is 12.8 Å². The molecule has 0 bridgehead atoms. The van der Waals surface area contributed by atoms with Gasteiger partial charge in [0.2, 0.25) is 0 Å². The van der Waals surface area contributed by atoms with E-state index in [0.29, 0.717) is 5.17 Å². The molecular weight excluding hydrogens is 192 g/mol. The van der Waals surface area contributed by atoms with Crippen molar-refractivity contribution in [2.45, 2.75) is 39.2 Å². The van der Waals surface area contributed by atoms with Crippen LogP contribution in [0.25, 0.3) is 0 Å². The molecule has 0 heterocycles. The first-order valence-corrected chi connectivity index (χ1v) is 6.00. The molecule has 0 aliphatic heterocycles. The molecule has 3 heteroatoms. The first kappa shape index (κ1) is 13.6. The Morgan fingerprint density at radius 3 is 2.57 bits per heavy atom. The number of rotatable bonds is 5. The van der Waals surface area contributed by atoms with E-state index in [1.165, 1.54) is 11.8 Å². The van der Waals surface area contributed by atoms with Crippen molar-refractivity contribution in [3.05, 3.63) is 12.7 Å². The summed E-state index contributed by atoms with van der Waals surface area (Å²) >= 11 is 1.53. The van der Waals surface area contributed by atoms with Gasteiger partial charge in [0.05, 0.1) is 0 Å². The molecule has 0 rings (SSSR count). The molecule has 0 aromatic heterocycles. The standard InChI is InChI=1S/C11H22N2S/c1-6-8-11(3,4)13(5)10(12)14-9-7-2/h7,12H,2,6,8-9H2,1,3-5H3. The van der Waals surface area contributed by atoms with E-state index >= 15 is 0 Å². The second kappa shape index (κ2) is 6.12. The lowest BCUT2D eigenvalue weighted by Gasteiger charge is -2.37. The number of nitrogens with one attached hydrogen (secondary N) is 1. The van der Waals surface area contributed by atoms with Crippen molar-refractivity contribution < 1.29 is 0 Å². The Balaban J connectivity index is 4.21. The van der Waals surface area contributed by atoms with Gasteiger partial charge < -0.3 is 4.90 Å². The third kappa shape index (κ3) is 4.18. The van der Waals surface area contributed by atoms with Crippen LogP contribution in [0.5, 0.6) is 0 Å². The van der Waals surface area contributed by atoms with E-state index in [2.05, 4.69) is 27.4 Å². The third-order valence-corrected chi connectivity index (χ3v) is 3.36. The van der Waals surface area contributed by atoms with E-state index in [9.17, 15) is 0 Å². The van der Waals surface area contributed by atoms with Gasteiger partial charge in [-0.2, -0.15) is 0 Å². The van der Waals surface area contributed by atoms with Crippen LogP contribution in [0, 0.1) is 5.41 Å². The Bertz CT molecular complexity index is 199. The molecule has 14 heavy (non-hydrogen) atoms. The zero-order valence-corrected chi connectivity index (χ0v) is 10.6. The highest BCUT2D eigenvalue weighted by Gasteiger charge is 2.24. The molecule has 0 amide bonds. The van der Waals surface area contributed by atoms with Crippen LogP contribution in [0.1, 0.15) is 33.6 Å². The summed E-state index contributed by atoms with van der Waals surface area (Å²) in [4.78, 5) is 2.05. The van der Waals surface area contributed by atoms with Gasteiger partial charge in [-0.1, -0.05) is 31.2 Å². The molecule has 0 atom stereocenters. The summed E-state index contributed by atoms with van der Waals surface area (Å²) in [7, 11) is 1.99. The number of amidine groups is 1. The molecule has 0 aromatic rings. The summed E-state index contributed by atoms with van der Waals surface area (Å²) in [6, 6.07) is 0. The Morgan fingerprint density at radius 1 is 1.57 bits per heavy atom. The highest BCUT2D eigenvalue weighted by atomic mass is 32.2. The van der Waals surface area contributed by atoms with Crippen LogP contribution in [0.4, 0.5) is 0 Å². The molecular formula is C11H22N2S. The molecule has 0 aliphatic carbocycles. The predicted molar refractivity (Wildman–Crippen MR) is 67.1 cm³/mol. The Labute approximate surface area is 92.3 Å². The van der Waals surface area contributed by atoms with Crippen LogP contribution >= 0.6 is 11.8 Å². The molecule has 0 spiro atoms. The molecule has 2 nitrogen and oxygen atoms in total. The molecule has 1 N–H and O–H groups in total. The van der Waals surface area contributed by atoms with Crippen LogP contribution in [-0.4, -0.2) is 28.4 Å². The van der Waals surface area contributed by atoms with Gasteiger partial charge in [0.15, 0.2) is 5.17 Å². The lowest BCUT2D eigenvalue weighted by Crippen LogP contribution is -2.43. The van der Waals surface area contributed by atoms with Crippen molar-refractivity contribution in [1.82, 2.24) is 4.90 Å². The zero-order valence-electron chi connectivity index (χ0n) is 9.76. The molecule has 0 radical (unpaired) electrons. The minimum atomic E-state index is 0.0833. The summed E-state index contributed by atoms with van der Waals surface area (Å²) in [6.07, 6.45) is 4.09. The van der Waals surface area contributed by atoms with Gasteiger partial charge in [-0.3, -0.25) is 5.41 Å². The van der Waals surface area contributed by atoms with Crippen molar-refractivity contribution >= 4 is 16.9 Å². The second-order valence-electron chi connectivity index (χ2n) is 4.03.